The van der Waals surface area contributed by atoms with Crippen LogP contribution >= 0.6 is 0 Å². The van der Waals surface area contributed by atoms with E-state index in [2.05, 4.69) is 4.98 Å². The molecule has 7 nitrogen and oxygen atoms in total. The SMILES string of the molecule is CCOc1cc([C@@H](CS(C)(=O)=O)n2c(=O)[nH]c3cc(C)ccc32)ccc1OC. The number of ether oxygens (including phenoxy) is 2. The van der Waals surface area contributed by atoms with Crippen LogP contribution in [-0.4, -0.2) is 43.7 Å². The minimum absolute atomic E-state index is 0.217. The third-order valence-corrected chi connectivity index (χ3v) is 5.44. The Morgan fingerprint density at radius 1 is 1.14 bits per heavy atom. The maximum absolute atomic E-state index is 12.7. The van der Waals surface area contributed by atoms with Crippen molar-refractivity contribution in [1.29, 1.82) is 0 Å². The molecule has 0 aliphatic heterocycles. The number of rotatable bonds is 7. The molecule has 28 heavy (non-hydrogen) atoms. The Kier molecular flexibility index (Phi) is 5.51. The van der Waals surface area contributed by atoms with Gasteiger partial charge in [0, 0.05) is 6.26 Å². The number of imidazole rings is 1. The third-order valence-electron chi connectivity index (χ3n) is 4.52. The van der Waals surface area contributed by atoms with Crippen LogP contribution in [0.15, 0.2) is 41.2 Å². The molecule has 1 heterocycles. The smallest absolute Gasteiger partial charge is 0.327 e. The standard InChI is InChI=1S/C20H24N2O5S/c1-5-27-19-11-14(7-9-18(19)26-3)17(12-28(4,24)25)22-16-8-6-13(2)10-15(16)21-20(22)23/h6-11,17H,5,12H2,1-4H3,(H,21,23)/t17-/m1/s1. The van der Waals surface area contributed by atoms with Crippen molar-refractivity contribution in [2.45, 2.75) is 19.9 Å². The second-order valence-corrected chi connectivity index (χ2v) is 8.96. The second-order valence-electron chi connectivity index (χ2n) is 6.77. The van der Waals surface area contributed by atoms with Crippen molar-refractivity contribution in [3.8, 4) is 11.5 Å². The average molecular weight is 404 g/mol. The van der Waals surface area contributed by atoms with Crippen LogP contribution in [0.2, 0.25) is 0 Å². The molecular formula is C20H24N2O5S. The van der Waals surface area contributed by atoms with Crippen molar-refractivity contribution in [2.75, 3.05) is 25.7 Å². The Labute approximate surface area is 163 Å². The molecule has 1 aromatic heterocycles. The lowest BCUT2D eigenvalue weighted by molar-refractivity contribution is 0.310. The first-order valence-electron chi connectivity index (χ1n) is 8.93. The van der Waals surface area contributed by atoms with Gasteiger partial charge in [0.05, 0.1) is 36.5 Å². The zero-order chi connectivity index (χ0) is 20.5. The van der Waals surface area contributed by atoms with Crippen LogP contribution < -0.4 is 15.2 Å². The molecule has 0 spiro atoms. The molecule has 0 unspecified atom stereocenters. The maximum atomic E-state index is 12.7. The van der Waals surface area contributed by atoms with Gasteiger partial charge in [-0.3, -0.25) is 4.57 Å². The predicted molar refractivity (Wildman–Crippen MR) is 109 cm³/mol. The van der Waals surface area contributed by atoms with Crippen LogP contribution in [0.5, 0.6) is 11.5 Å². The molecule has 3 rings (SSSR count). The summed E-state index contributed by atoms with van der Waals surface area (Å²) in [4.78, 5) is 15.6. The summed E-state index contributed by atoms with van der Waals surface area (Å²) >= 11 is 0. The largest absolute Gasteiger partial charge is 0.493 e. The monoisotopic (exact) mass is 404 g/mol. The summed E-state index contributed by atoms with van der Waals surface area (Å²) in [6.45, 7) is 4.22. The van der Waals surface area contributed by atoms with Gasteiger partial charge in [-0.15, -0.1) is 0 Å². The number of nitrogens with zero attached hydrogens (tertiary/aromatic N) is 1. The summed E-state index contributed by atoms with van der Waals surface area (Å²) in [5.41, 5.74) is 2.62. The molecule has 0 saturated carbocycles. The Morgan fingerprint density at radius 2 is 1.89 bits per heavy atom. The Hall–Kier alpha value is -2.74. The van der Waals surface area contributed by atoms with E-state index in [4.69, 9.17) is 9.47 Å². The van der Waals surface area contributed by atoms with Crippen molar-refractivity contribution in [1.82, 2.24) is 9.55 Å². The molecule has 1 atom stereocenters. The van der Waals surface area contributed by atoms with Crippen LogP contribution in [0.1, 0.15) is 24.1 Å². The van der Waals surface area contributed by atoms with Gasteiger partial charge >= 0.3 is 5.69 Å². The van der Waals surface area contributed by atoms with E-state index in [9.17, 15) is 13.2 Å². The van der Waals surface area contributed by atoms with E-state index < -0.39 is 15.9 Å². The molecule has 0 bridgehead atoms. The van der Waals surface area contributed by atoms with E-state index in [0.717, 1.165) is 11.8 Å². The number of hydrogen-bond acceptors (Lipinski definition) is 5. The Morgan fingerprint density at radius 3 is 2.54 bits per heavy atom. The molecule has 1 N–H and O–H groups in total. The molecule has 3 aromatic rings. The van der Waals surface area contributed by atoms with Crippen LogP contribution in [-0.2, 0) is 9.84 Å². The van der Waals surface area contributed by atoms with Gasteiger partial charge in [0.25, 0.3) is 0 Å². The van der Waals surface area contributed by atoms with E-state index in [-0.39, 0.29) is 11.4 Å². The minimum Gasteiger partial charge on any atom is -0.493 e. The first-order chi connectivity index (χ1) is 13.2. The molecule has 150 valence electrons. The van der Waals surface area contributed by atoms with Crippen LogP contribution in [0.3, 0.4) is 0 Å². The summed E-state index contributed by atoms with van der Waals surface area (Å²) in [5, 5.41) is 0. The highest BCUT2D eigenvalue weighted by Gasteiger charge is 2.24. The summed E-state index contributed by atoms with van der Waals surface area (Å²) in [6, 6.07) is 10.1. The number of sulfone groups is 1. The molecule has 0 saturated heterocycles. The highest BCUT2D eigenvalue weighted by molar-refractivity contribution is 7.90. The fourth-order valence-electron chi connectivity index (χ4n) is 3.33. The van der Waals surface area contributed by atoms with Gasteiger partial charge in [-0.05, 0) is 49.2 Å². The quantitative estimate of drug-likeness (QED) is 0.654. The number of benzene rings is 2. The number of methoxy groups -OCH3 is 1. The summed E-state index contributed by atoms with van der Waals surface area (Å²) in [5.74, 6) is 0.835. The molecule has 0 fully saturated rings. The first kappa shape index (κ1) is 20.0. The number of H-pyrrole nitrogens is 1. The summed E-state index contributed by atoms with van der Waals surface area (Å²) in [7, 11) is -1.84. The molecule has 0 radical (unpaired) electrons. The second kappa shape index (κ2) is 7.71. The summed E-state index contributed by atoms with van der Waals surface area (Å²) in [6.07, 6.45) is 1.16. The van der Waals surface area contributed by atoms with E-state index in [1.54, 1.807) is 18.2 Å². The van der Waals surface area contributed by atoms with Gasteiger partial charge in [-0.1, -0.05) is 12.1 Å². The van der Waals surface area contributed by atoms with Crippen LogP contribution in [0.25, 0.3) is 11.0 Å². The Balaban J connectivity index is 2.23. The first-order valence-corrected chi connectivity index (χ1v) is 11.0. The van der Waals surface area contributed by atoms with Crippen molar-refractivity contribution >= 4 is 20.9 Å². The number of aryl methyl sites for hydroxylation is 1. The normalized spacial score (nSPS) is 12.9. The number of aromatic nitrogens is 2. The molecule has 2 aromatic carbocycles. The fraction of sp³-hybridized carbons (Fsp3) is 0.350. The fourth-order valence-corrected chi connectivity index (χ4v) is 4.24. The number of fused-ring (bicyclic) bond motifs is 1. The number of hydrogen-bond donors (Lipinski definition) is 1. The number of aromatic amines is 1. The van der Waals surface area contributed by atoms with E-state index in [1.807, 2.05) is 32.0 Å². The van der Waals surface area contributed by atoms with Gasteiger partial charge in [0.15, 0.2) is 11.5 Å². The van der Waals surface area contributed by atoms with Crippen LogP contribution in [0, 0.1) is 6.92 Å². The molecule has 0 amide bonds. The van der Waals surface area contributed by atoms with Gasteiger partial charge in [-0.25, -0.2) is 13.2 Å². The molecule has 8 heteroatoms. The molecule has 0 aliphatic carbocycles. The van der Waals surface area contributed by atoms with Crippen molar-refractivity contribution in [2.24, 2.45) is 0 Å². The number of nitrogens with one attached hydrogen (secondary N) is 1. The average Bonchev–Trinajstić information content (AvgIpc) is 2.94. The molecular weight excluding hydrogens is 380 g/mol. The van der Waals surface area contributed by atoms with Gasteiger partial charge in [0.1, 0.15) is 9.84 Å². The minimum atomic E-state index is -3.38. The zero-order valence-electron chi connectivity index (χ0n) is 16.4. The van der Waals surface area contributed by atoms with E-state index in [0.29, 0.717) is 34.7 Å². The van der Waals surface area contributed by atoms with Gasteiger partial charge in [-0.2, -0.15) is 0 Å². The van der Waals surface area contributed by atoms with Gasteiger partial charge in [0.2, 0.25) is 0 Å². The van der Waals surface area contributed by atoms with Crippen LogP contribution in [0.4, 0.5) is 0 Å². The topological polar surface area (TPSA) is 90.4 Å². The lowest BCUT2D eigenvalue weighted by atomic mass is 10.1. The molecule has 0 aliphatic rings. The maximum Gasteiger partial charge on any atom is 0.327 e. The van der Waals surface area contributed by atoms with E-state index >= 15 is 0 Å². The Bertz CT molecular complexity index is 1160. The highest BCUT2D eigenvalue weighted by atomic mass is 32.2. The highest BCUT2D eigenvalue weighted by Crippen LogP contribution is 2.33. The van der Waals surface area contributed by atoms with E-state index in [1.165, 1.54) is 11.7 Å². The van der Waals surface area contributed by atoms with Crippen molar-refractivity contribution in [3.63, 3.8) is 0 Å². The third kappa shape index (κ3) is 4.06. The summed E-state index contributed by atoms with van der Waals surface area (Å²) < 4.78 is 36.8. The zero-order valence-corrected chi connectivity index (χ0v) is 17.2. The van der Waals surface area contributed by atoms with Crippen molar-refractivity contribution < 1.29 is 17.9 Å². The lowest BCUT2D eigenvalue weighted by Crippen LogP contribution is -2.28. The van der Waals surface area contributed by atoms with Crippen molar-refractivity contribution in [3.05, 3.63) is 58.0 Å². The lowest BCUT2D eigenvalue weighted by Gasteiger charge is -2.20. The predicted octanol–water partition coefficient (Wildman–Crippen LogP) is 2.68. The van der Waals surface area contributed by atoms with Gasteiger partial charge < -0.3 is 14.5 Å².